The van der Waals surface area contributed by atoms with Gasteiger partial charge in [0.05, 0.1) is 4.90 Å². The first-order valence-corrected chi connectivity index (χ1v) is 11.3. The number of hydrogen-bond acceptors (Lipinski definition) is 3. The van der Waals surface area contributed by atoms with E-state index in [9.17, 15) is 13.2 Å². The van der Waals surface area contributed by atoms with Crippen LogP contribution >= 0.6 is 0 Å². The Morgan fingerprint density at radius 3 is 1.90 bits per heavy atom. The molecular formula is C24H26N2O3S. The van der Waals surface area contributed by atoms with Crippen LogP contribution in [0.3, 0.4) is 0 Å². The molecule has 3 rings (SSSR count). The molecule has 0 unspecified atom stereocenters. The van der Waals surface area contributed by atoms with Gasteiger partial charge in [-0.15, -0.1) is 0 Å². The molecule has 0 aromatic heterocycles. The standard InChI is InChI=1S/C24H26N2O3S/c1-4-26(30(28,29)23-15-7-19(3)8-16-23)17-20-9-11-21(12-10-20)24(27)25-22-13-5-18(2)6-14-22/h5-16H,4,17H2,1-3H3,(H,25,27). The van der Waals surface area contributed by atoms with Gasteiger partial charge in [-0.25, -0.2) is 8.42 Å². The summed E-state index contributed by atoms with van der Waals surface area (Å²) in [6, 6.07) is 21.4. The van der Waals surface area contributed by atoms with Crippen molar-refractivity contribution in [1.82, 2.24) is 4.31 Å². The molecule has 156 valence electrons. The van der Waals surface area contributed by atoms with E-state index in [1.54, 1.807) is 48.5 Å². The normalized spacial score (nSPS) is 11.5. The number of rotatable bonds is 7. The van der Waals surface area contributed by atoms with E-state index in [0.29, 0.717) is 12.1 Å². The molecule has 0 bridgehead atoms. The lowest BCUT2D eigenvalue weighted by atomic mass is 10.1. The molecule has 0 heterocycles. The van der Waals surface area contributed by atoms with Crippen LogP contribution in [0.4, 0.5) is 5.69 Å². The molecule has 0 saturated heterocycles. The average molecular weight is 423 g/mol. The van der Waals surface area contributed by atoms with Crippen molar-refractivity contribution in [3.8, 4) is 0 Å². The van der Waals surface area contributed by atoms with Gasteiger partial charge in [0.2, 0.25) is 10.0 Å². The van der Waals surface area contributed by atoms with Crippen molar-refractivity contribution in [3.05, 3.63) is 95.1 Å². The van der Waals surface area contributed by atoms with Crippen molar-refractivity contribution in [3.63, 3.8) is 0 Å². The SMILES string of the molecule is CCN(Cc1ccc(C(=O)Nc2ccc(C)cc2)cc1)S(=O)(=O)c1ccc(C)cc1. The average Bonchev–Trinajstić information content (AvgIpc) is 2.74. The van der Waals surface area contributed by atoms with Crippen molar-refractivity contribution < 1.29 is 13.2 Å². The fraction of sp³-hybridized carbons (Fsp3) is 0.208. The van der Waals surface area contributed by atoms with Gasteiger partial charge in [-0.3, -0.25) is 4.79 Å². The van der Waals surface area contributed by atoms with Crippen LogP contribution in [0.5, 0.6) is 0 Å². The number of carbonyl (C=O) groups is 1. The molecule has 0 atom stereocenters. The molecule has 3 aromatic carbocycles. The van der Waals surface area contributed by atoms with Crippen LogP contribution in [-0.4, -0.2) is 25.2 Å². The third-order valence-electron chi connectivity index (χ3n) is 4.90. The van der Waals surface area contributed by atoms with Gasteiger partial charge < -0.3 is 5.32 Å². The maximum atomic E-state index is 12.9. The summed E-state index contributed by atoms with van der Waals surface area (Å²) in [7, 11) is -3.58. The summed E-state index contributed by atoms with van der Waals surface area (Å²) in [6.07, 6.45) is 0. The van der Waals surface area contributed by atoms with E-state index in [0.717, 1.165) is 22.4 Å². The molecule has 0 radical (unpaired) electrons. The second kappa shape index (κ2) is 9.24. The molecule has 30 heavy (non-hydrogen) atoms. The maximum Gasteiger partial charge on any atom is 0.255 e. The molecular weight excluding hydrogens is 396 g/mol. The van der Waals surface area contributed by atoms with E-state index < -0.39 is 10.0 Å². The summed E-state index contributed by atoms with van der Waals surface area (Å²) in [6.45, 7) is 6.32. The summed E-state index contributed by atoms with van der Waals surface area (Å²) in [5.74, 6) is -0.204. The van der Waals surface area contributed by atoms with E-state index in [1.807, 2.05) is 45.0 Å². The zero-order valence-corrected chi connectivity index (χ0v) is 18.2. The molecule has 1 amide bonds. The molecule has 5 nitrogen and oxygen atoms in total. The number of sulfonamides is 1. The highest BCUT2D eigenvalue weighted by Gasteiger charge is 2.23. The molecule has 6 heteroatoms. The summed E-state index contributed by atoms with van der Waals surface area (Å²) < 4.78 is 27.3. The summed E-state index contributed by atoms with van der Waals surface area (Å²) in [5.41, 5.74) is 4.20. The zero-order valence-electron chi connectivity index (χ0n) is 17.4. The number of anilines is 1. The Labute approximate surface area is 178 Å². The van der Waals surface area contributed by atoms with Gasteiger partial charge in [-0.1, -0.05) is 54.4 Å². The highest BCUT2D eigenvalue weighted by molar-refractivity contribution is 7.89. The molecule has 1 N–H and O–H groups in total. The number of carbonyl (C=O) groups excluding carboxylic acids is 1. The predicted octanol–water partition coefficient (Wildman–Crippen LogP) is 4.77. The van der Waals surface area contributed by atoms with Crippen molar-refractivity contribution in [1.29, 1.82) is 0 Å². The number of aryl methyl sites for hydroxylation is 2. The zero-order chi connectivity index (χ0) is 21.7. The number of hydrogen-bond donors (Lipinski definition) is 1. The number of nitrogens with zero attached hydrogens (tertiary/aromatic N) is 1. The molecule has 0 spiro atoms. The van der Waals surface area contributed by atoms with E-state index in [4.69, 9.17) is 0 Å². The third kappa shape index (κ3) is 5.14. The molecule has 0 saturated carbocycles. The minimum absolute atomic E-state index is 0.204. The number of nitrogens with one attached hydrogen (secondary N) is 1. The van der Waals surface area contributed by atoms with Gasteiger partial charge in [0, 0.05) is 24.3 Å². The smallest absolute Gasteiger partial charge is 0.255 e. The van der Waals surface area contributed by atoms with Crippen molar-refractivity contribution in [2.45, 2.75) is 32.2 Å². The van der Waals surface area contributed by atoms with Crippen molar-refractivity contribution >= 4 is 21.6 Å². The predicted molar refractivity (Wildman–Crippen MR) is 120 cm³/mol. The fourth-order valence-corrected chi connectivity index (χ4v) is 4.47. The van der Waals surface area contributed by atoms with E-state index in [-0.39, 0.29) is 17.3 Å². The van der Waals surface area contributed by atoms with Gasteiger partial charge in [0.25, 0.3) is 5.91 Å². The molecule has 0 aliphatic rings. The van der Waals surface area contributed by atoms with E-state index in [1.165, 1.54) is 4.31 Å². The Morgan fingerprint density at radius 2 is 1.37 bits per heavy atom. The van der Waals surface area contributed by atoms with Crippen LogP contribution in [0, 0.1) is 13.8 Å². The van der Waals surface area contributed by atoms with Gasteiger partial charge >= 0.3 is 0 Å². The molecule has 0 fully saturated rings. The van der Waals surface area contributed by atoms with Crippen LogP contribution in [0.1, 0.15) is 34.0 Å². The van der Waals surface area contributed by atoms with E-state index in [2.05, 4.69) is 5.32 Å². The van der Waals surface area contributed by atoms with Crippen LogP contribution in [0.15, 0.2) is 77.7 Å². The topological polar surface area (TPSA) is 66.5 Å². The highest BCUT2D eigenvalue weighted by atomic mass is 32.2. The summed E-state index contributed by atoms with van der Waals surface area (Å²) in [5, 5.41) is 2.86. The third-order valence-corrected chi connectivity index (χ3v) is 6.83. The van der Waals surface area contributed by atoms with Gasteiger partial charge in [0.1, 0.15) is 0 Å². The van der Waals surface area contributed by atoms with Crippen LogP contribution in [0.25, 0.3) is 0 Å². The monoisotopic (exact) mass is 422 g/mol. The first kappa shape index (κ1) is 21.7. The maximum absolute atomic E-state index is 12.9. The minimum Gasteiger partial charge on any atom is -0.322 e. The van der Waals surface area contributed by atoms with E-state index >= 15 is 0 Å². The quantitative estimate of drug-likeness (QED) is 0.597. The first-order chi connectivity index (χ1) is 14.3. The van der Waals surface area contributed by atoms with Crippen molar-refractivity contribution in [2.75, 3.05) is 11.9 Å². The lowest BCUT2D eigenvalue weighted by molar-refractivity contribution is 0.102. The van der Waals surface area contributed by atoms with Gasteiger partial charge in [-0.2, -0.15) is 4.31 Å². The molecule has 0 aliphatic carbocycles. The largest absolute Gasteiger partial charge is 0.322 e. The molecule has 3 aromatic rings. The summed E-state index contributed by atoms with van der Waals surface area (Å²) in [4.78, 5) is 12.7. The number of benzene rings is 3. The van der Waals surface area contributed by atoms with Crippen LogP contribution < -0.4 is 5.32 Å². The van der Waals surface area contributed by atoms with Crippen LogP contribution in [0.2, 0.25) is 0 Å². The lowest BCUT2D eigenvalue weighted by Crippen LogP contribution is -2.30. The highest BCUT2D eigenvalue weighted by Crippen LogP contribution is 2.19. The first-order valence-electron chi connectivity index (χ1n) is 9.83. The Morgan fingerprint density at radius 1 is 0.833 bits per heavy atom. The Bertz CT molecular complexity index is 1100. The Kier molecular flexibility index (Phi) is 6.70. The lowest BCUT2D eigenvalue weighted by Gasteiger charge is -2.21. The molecule has 0 aliphatic heterocycles. The summed E-state index contributed by atoms with van der Waals surface area (Å²) >= 11 is 0. The van der Waals surface area contributed by atoms with Gasteiger partial charge in [0.15, 0.2) is 0 Å². The van der Waals surface area contributed by atoms with Gasteiger partial charge in [-0.05, 0) is 55.8 Å². The second-order valence-corrected chi connectivity index (χ2v) is 9.20. The van der Waals surface area contributed by atoms with Crippen LogP contribution in [-0.2, 0) is 16.6 Å². The fourth-order valence-electron chi connectivity index (χ4n) is 3.03. The number of amides is 1. The Hall–Kier alpha value is -2.96. The minimum atomic E-state index is -3.58. The van der Waals surface area contributed by atoms with Crippen molar-refractivity contribution in [2.24, 2.45) is 0 Å². The Balaban J connectivity index is 1.71. The second-order valence-electron chi connectivity index (χ2n) is 7.26.